The molecule has 0 aliphatic rings. The van der Waals surface area contributed by atoms with Gasteiger partial charge in [-0.3, -0.25) is 0 Å². The zero-order valence-corrected chi connectivity index (χ0v) is 9.53. The SMILES string of the molecule is CN(C)c1ccc(C(Cl)(Cl)Cl)cn1. The lowest BCUT2D eigenvalue weighted by Gasteiger charge is -2.14. The summed E-state index contributed by atoms with van der Waals surface area (Å²) < 4.78 is -1.39. The van der Waals surface area contributed by atoms with Crippen LogP contribution in [0.25, 0.3) is 0 Å². The molecule has 0 N–H and O–H groups in total. The first-order chi connectivity index (χ1) is 5.91. The van der Waals surface area contributed by atoms with Gasteiger partial charge in [0.05, 0.1) is 0 Å². The number of halogens is 3. The van der Waals surface area contributed by atoms with E-state index in [2.05, 4.69) is 4.98 Å². The first kappa shape index (κ1) is 10.9. The Hall–Kier alpha value is -0.180. The Labute approximate surface area is 92.4 Å². The van der Waals surface area contributed by atoms with Crippen LogP contribution in [0.2, 0.25) is 0 Å². The minimum absolute atomic E-state index is 0.572. The molecule has 0 saturated carbocycles. The number of hydrogen-bond acceptors (Lipinski definition) is 2. The van der Waals surface area contributed by atoms with E-state index < -0.39 is 3.79 Å². The normalized spacial score (nSPS) is 11.5. The zero-order valence-electron chi connectivity index (χ0n) is 7.26. The topological polar surface area (TPSA) is 16.1 Å². The van der Waals surface area contributed by atoms with Gasteiger partial charge in [0.25, 0.3) is 0 Å². The Bertz CT molecular complexity index is 276. The number of hydrogen-bond donors (Lipinski definition) is 0. The molecule has 0 radical (unpaired) electrons. The van der Waals surface area contributed by atoms with E-state index >= 15 is 0 Å². The fraction of sp³-hybridized carbons (Fsp3) is 0.375. The van der Waals surface area contributed by atoms with E-state index in [0.29, 0.717) is 5.56 Å². The van der Waals surface area contributed by atoms with E-state index in [1.54, 1.807) is 18.3 Å². The van der Waals surface area contributed by atoms with Crippen LogP contribution in [0.15, 0.2) is 18.3 Å². The van der Waals surface area contributed by atoms with Crippen LogP contribution in [0.4, 0.5) is 5.82 Å². The predicted octanol–water partition coefficient (Wildman–Crippen LogP) is 2.97. The van der Waals surface area contributed by atoms with Gasteiger partial charge in [-0.05, 0) is 12.1 Å². The second kappa shape index (κ2) is 3.91. The maximum absolute atomic E-state index is 5.67. The van der Waals surface area contributed by atoms with Crippen LogP contribution in [0.5, 0.6) is 0 Å². The lowest BCUT2D eigenvalue weighted by Crippen LogP contribution is -2.11. The van der Waals surface area contributed by atoms with Crippen LogP contribution < -0.4 is 4.90 Å². The molecule has 0 bridgehead atoms. The van der Waals surface area contributed by atoms with Crippen molar-refractivity contribution < 1.29 is 0 Å². The van der Waals surface area contributed by atoms with Crippen molar-refractivity contribution >= 4 is 40.6 Å². The summed E-state index contributed by atoms with van der Waals surface area (Å²) in [4.78, 5) is 5.99. The molecular formula is C8H9Cl3N2. The van der Waals surface area contributed by atoms with E-state index in [-0.39, 0.29) is 0 Å². The minimum Gasteiger partial charge on any atom is -0.363 e. The molecule has 0 unspecified atom stereocenters. The van der Waals surface area contributed by atoms with Gasteiger partial charge in [-0.1, -0.05) is 34.8 Å². The zero-order chi connectivity index (χ0) is 10.1. The number of aromatic nitrogens is 1. The molecule has 5 heteroatoms. The van der Waals surface area contributed by atoms with Crippen molar-refractivity contribution in [3.8, 4) is 0 Å². The first-order valence-electron chi connectivity index (χ1n) is 3.62. The molecule has 2 nitrogen and oxygen atoms in total. The van der Waals surface area contributed by atoms with Gasteiger partial charge in [-0.25, -0.2) is 4.98 Å². The molecule has 0 saturated heterocycles. The van der Waals surface area contributed by atoms with Crippen molar-refractivity contribution in [1.29, 1.82) is 0 Å². The van der Waals surface area contributed by atoms with Crippen molar-refractivity contribution in [1.82, 2.24) is 4.98 Å². The molecule has 1 aromatic heterocycles. The minimum atomic E-state index is -1.39. The quantitative estimate of drug-likeness (QED) is 0.701. The predicted molar refractivity (Wildman–Crippen MR) is 57.8 cm³/mol. The number of pyridine rings is 1. The Kier molecular flexibility index (Phi) is 3.28. The smallest absolute Gasteiger partial charge is 0.217 e. The Morgan fingerprint density at radius 1 is 1.23 bits per heavy atom. The lowest BCUT2D eigenvalue weighted by molar-refractivity contribution is 1.05. The van der Waals surface area contributed by atoms with Crippen molar-refractivity contribution in [2.75, 3.05) is 19.0 Å². The first-order valence-corrected chi connectivity index (χ1v) is 4.75. The summed E-state index contributed by atoms with van der Waals surface area (Å²) in [5, 5.41) is 0. The van der Waals surface area contributed by atoms with Gasteiger partial charge in [0.1, 0.15) is 5.82 Å². The van der Waals surface area contributed by atoms with Crippen molar-refractivity contribution in [3.05, 3.63) is 23.9 Å². The average Bonchev–Trinajstić information content (AvgIpc) is 2.03. The number of rotatable bonds is 1. The number of anilines is 1. The van der Waals surface area contributed by atoms with Crippen LogP contribution in [-0.2, 0) is 3.79 Å². The van der Waals surface area contributed by atoms with Crippen LogP contribution in [0.1, 0.15) is 5.56 Å². The highest BCUT2D eigenvalue weighted by Gasteiger charge is 2.22. The van der Waals surface area contributed by atoms with Gasteiger partial charge >= 0.3 is 0 Å². The number of nitrogens with zero attached hydrogens (tertiary/aromatic N) is 2. The molecule has 1 aromatic rings. The van der Waals surface area contributed by atoms with E-state index in [4.69, 9.17) is 34.8 Å². The highest BCUT2D eigenvalue weighted by atomic mass is 35.6. The third-order valence-corrected chi connectivity index (χ3v) is 2.19. The molecule has 13 heavy (non-hydrogen) atoms. The average molecular weight is 240 g/mol. The van der Waals surface area contributed by atoms with Crippen LogP contribution in [0, 0.1) is 0 Å². The second-order valence-electron chi connectivity index (χ2n) is 2.80. The summed E-state index contributed by atoms with van der Waals surface area (Å²) in [5.74, 6) is 0.831. The molecular weight excluding hydrogens is 230 g/mol. The summed E-state index contributed by atoms with van der Waals surface area (Å²) in [6.45, 7) is 0. The monoisotopic (exact) mass is 238 g/mol. The lowest BCUT2D eigenvalue weighted by atomic mass is 10.3. The third-order valence-electron chi connectivity index (χ3n) is 1.53. The van der Waals surface area contributed by atoms with Crippen LogP contribution in [-0.4, -0.2) is 19.1 Å². The molecule has 0 amide bonds. The largest absolute Gasteiger partial charge is 0.363 e. The van der Waals surface area contributed by atoms with Crippen molar-refractivity contribution in [2.24, 2.45) is 0 Å². The molecule has 0 spiro atoms. The van der Waals surface area contributed by atoms with Gasteiger partial charge in [-0.2, -0.15) is 0 Å². The molecule has 0 aliphatic carbocycles. The maximum atomic E-state index is 5.67. The maximum Gasteiger partial charge on any atom is 0.217 e. The molecule has 0 aromatic carbocycles. The van der Waals surface area contributed by atoms with Crippen molar-refractivity contribution in [3.63, 3.8) is 0 Å². The fourth-order valence-electron chi connectivity index (χ4n) is 0.818. The van der Waals surface area contributed by atoms with Gasteiger partial charge in [-0.15, -0.1) is 0 Å². The third kappa shape index (κ3) is 2.90. The molecule has 0 atom stereocenters. The Morgan fingerprint density at radius 3 is 2.15 bits per heavy atom. The van der Waals surface area contributed by atoms with E-state index in [0.717, 1.165) is 5.82 Å². The van der Waals surface area contributed by atoms with Crippen molar-refractivity contribution in [2.45, 2.75) is 3.79 Å². The molecule has 0 fully saturated rings. The van der Waals surface area contributed by atoms with Gasteiger partial charge in [0, 0.05) is 25.9 Å². The Morgan fingerprint density at radius 2 is 1.85 bits per heavy atom. The number of alkyl halides is 3. The Balaban J connectivity index is 2.94. The van der Waals surface area contributed by atoms with E-state index in [1.165, 1.54) is 0 Å². The van der Waals surface area contributed by atoms with Crippen LogP contribution in [0.3, 0.4) is 0 Å². The highest BCUT2D eigenvalue weighted by molar-refractivity contribution is 6.66. The van der Waals surface area contributed by atoms with Gasteiger partial charge < -0.3 is 4.90 Å². The molecule has 1 rings (SSSR count). The summed E-state index contributed by atoms with van der Waals surface area (Å²) in [6.07, 6.45) is 1.56. The summed E-state index contributed by atoms with van der Waals surface area (Å²) in [7, 11) is 3.80. The van der Waals surface area contributed by atoms with E-state index in [1.807, 2.05) is 19.0 Å². The summed E-state index contributed by atoms with van der Waals surface area (Å²) in [6, 6.07) is 3.55. The summed E-state index contributed by atoms with van der Waals surface area (Å²) >= 11 is 17.0. The van der Waals surface area contributed by atoms with Gasteiger partial charge in [0.2, 0.25) is 3.79 Å². The fourth-order valence-corrected chi connectivity index (χ4v) is 1.15. The van der Waals surface area contributed by atoms with E-state index in [9.17, 15) is 0 Å². The molecule has 1 heterocycles. The van der Waals surface area contributed by atoms with Gasteiger partial charge in [0.15, 0.2) is 0 Å². The standard InChI is InChI=1S/C8H9Cl3N2/c1-13(2)7-4-3-6(5-12-7)8(9,10)11/h3-5H,1-2H3. The molecule has 0 aliphatic heterocycles. The second-order valence-corrected chi connectivity index (χ2v) is 5.08. The van der Waals surface area contributed by atoms with Crippen LogP contribution >= 0.6 is 34.8 Å². The summed E-state index contributed by atoms with van der Waals surface area (Å²) in [5.41, 5.74) is 0.572. The molecule has 72 valence electrons. The highest BCUT2D eigenvalue weighted by Crippen LogP contribution is 2.37.